The molecule has 0 saturated carbocycles. The molecule has 1 aromatic carbocycles. The number of benzene rings is 1. The van der Waals surface area contributed by atoms with Crippen molar-refractivity contribution in [1.29, 1.82) is 0 Å². The van der Waals surface area contributed by atoms with Crippen LogP contribution in [0.25, 0.3) is 0 Å². The molecule has 5 heterocycles. The molecule has 1 spiro atoms. The molecule has 2 N–H and O–H groups in total. The molecule has 3 unspecified atom stereocenters. The lowest BCUT2D eigenvalue weighted by atomic mass is 9.68. The van der Waals surface area contributed by atoms with E-state index in [2.05, 4.69) is 20.5 Å². The summed E-state index contributed by atoms with van der Waals surface area (Å²) < 4.78 is 24.7. The number of ether oxygens (including phenoxy) is 2. The number of rotatable bonds is 5. The molecule has 33 heavy (non-hydrogen) atoms. The Morgan fingerprint density at radius 2 is 2.33 bits per heavy atom. The molecule has 4 aliphatic rings. The normalized spacial score (nSPS) is 30.5. The molecule has 8 nitrogen and oxygen atoms in total. The quantitative estimate of drug-likeness (QED) is 0.620. The number of halogens is 2. The van der Waals surface area contributed by atoms with Crippen molar-refractivity contribution in [3.05, 3.63) is 62.5 Å². The van der Waals surface area contributed by atoms with Crippen LogP contribution in [-0.4, -0.2) is 72.7 Å². The van der Waals surface area contributed by atoms with Crippen LogP contribution in [0.5, 0.6) is 0 Å². The number of aromatic nitrogens is 1. The number of carbonyl (C=O) groups excluding carboxylic acids is 1. The van der Waals surface area contributed by atoms with Gasteiger partial charge in [0, 0.05) is 47.0 Å². The van der Waals surface area contributed by atoms with E-state index in [4.69, 9.17) is 26.1 Å². The van der Waals surface area contributed by atoms with Crippen molar-refractivity contribution < 1.29 is 18.7 Å². The SMILES string of the molecule is COC(=O)C1=C(CN2C3CNC34COCC24)NC(c2nccs2)=N[C@H]1c1ccc(F)cc1Cl. The van der Waals surface area contributed by atoms with Crippen LogP contribution in [-0.2, 0) is 14.3 Å². The number of likely N-dealkylation sites (tertiary alicyclic amines) is 1. The highest BCUT2D eigenvalue weighted by Gasteiger charge is 2.68. The summed E-state index contributed by atoms with van der Waals surface area (Å²) in [4.78, 5) is 24.5. The fourth-order valence-corrected chi connectivity index (χ4v) is 6.20. The molecule has 3 saturated heterocycles. The van der Waals surface area contributed by atoms with Crippen molar-refractivity contribution in [1.82, 2.24) is 20.5 Å². The second-order valence-corrected chi connectivity index (χ2v) is 9.83. The van der Waals surface area contributed by atoms with Gasteiger partial charge in [-0.3, -0.25) is 9.89 Å². The van der Waals surface area contributed by atoms with E-state index in [-0.39, 0.29) is 16.6 Å². The van der Waals surface area contributed by atoms with E-state index in [1.54, 1.807) is 12.3 Å². The Hall–Kier alpha value is -2.37. The van der Waals surface area contributed by atoms with Gasteiger partial charge in [-0.2, -0.15) is 0 Å². The van der Waals surface area contributed by atoms with Gasteiger partial charge in [0.1, 0.15) is 11.9 Å². The van der Waals surface area contributed by atoms with Crippen LogP contribution in [0, 0.1) is 5.82 Å². The number of nitrogens with one attached hydrogen (secondary N) is 2. The Morgan fingerprint density at radius 1 is 1.45 bits per heavy atom. The zero-order chi connectivity index (χ0) is 22.7. The zero-order valence-corrected chi connectivity index (χ0v) is 19.3. The number of piperazine rings is 1. The van der Waals surface area contributed by atoms with Gasteiger partial charge in [-0.05, 0) is 12.1 Å². The van der Waals surface area contributed by atoms with Crippen LogP contribution in [0.2, 0.25) is 5.02 Å². The number of esters is 1. The van der Waals surface area contributed by atoms with E-state index in [0.29, 0.717) is 53.5 Å². The molecule has 4 aliphatic heterocycles. The summed E-state index contributed by atoms with van der Waals surface area (Å²) in [5.74, 6) is -0.425. The molecule has 0 radical (unpaired) electrons. The third-order valence-electron chi connectivity index (χ3n) is 7.00. The van der Waals surface area contributed by atoms with Crippen LogP contribution in [0.3, 0.4) is 0 Å². The highest BCUT2D eigenvalue weighted by molar-refractivity contribution is 7.11. The van der Waals surface area contributed by atoms with Crippen LogP contribution in [0.1, 0.15) is 16.6 Å². The van der Waals surface area contributed by atoms with Gasteiger partial charge in [0.25, 0.3) is 0 Å². The van der Waals surface area contributed by atoms with Gasteiger partial charge in [-0.1, -0.05) is 17.7 Å². The van der Waals surface area contributed by atoms with Gasteiger partial charge in [0.2, 0.25) is 0 Å². The van der Waals surface area contributed by atoms with Gasteiger partial charge >= 0.3 is 5.97 Å². The summed E-state index contributed by atoms with van der Waals surface area (Å²) in [6.07, 6.45) is 1.70. The average Bonchev–Trinajstić information content (AvgIpc) is 3.47. The number of hydrogen-bond acceptors (Lipinski definition) is 9. The molecule has 4 atom stereocenters. The van der Waals surface area contributed by atoms with Crippen molar-refractivity contribution in [2.75, 3.05) is 33.4 Å². The van der Waals surface area contributed by atoms with E-state index in [1.807, 2.05) is 5.38 Å². The maximum atomic E-state index is 13.8. The number of carbonyl (C=O) groups is 1. The third-order valence-corrected chi connectivity index (χ3v) is 8.10. The molecule has 11 heteroatoms. The minimum atomic E-state index is -0.758. The summed E-state index contributed by atoms with van der Waals surface area (Å²) in [5.41, 5.74) is 1.58. The number of hydrogen-bond donors (Lipinski definition) is 2. The van der Waals surface area contributed by atoms with Crippen molar-refractivity contribution in [2.24, 2.45) is 4.99 Å². The minimum absolute atomic E-state index is 0.0204. The second-order valence-electron chi connectivity index (χ2n) is 8.53. The largest absolute Gasteiger partial charge is 0.466 e. The van der Waals surface area contributed by atoms with Gasteiger partial charge in [-0.25, -0.2) is 14.2 Å². The van der Waals surface area contributed by atoms with Crippen molar-refractivity contribution >= 4 is 34.7 Å². The van der Waals surface area contributed by atoms with E-state index in [9.17, 15) is 9.18 Å². The van der Waals surface area contributed by atoms with Crippen molar-refractivity contribution in [2.45, 2.75) is 23.7 Å². The first-order chi connectivity index (χ1) is 16.0. The highest BCUT2D eigenvalue weighted by atomic mass is 35.5. The number of amidine groups is 1. The van der Waals surface area contributed by atoms with Gasteiger partial charge in [0.15, 0.2) is 10.8 Å². The highest BCUT2D eigenvalue weighted by Crippen LogP contribution is 2.47. The van der Waals surface area contributed by atoms with Crippen molar-refractivity contribution in [3.8, 4) is 0 Å². The Bertz CT molecular complexity index is 1190. The van der Waals surface area contributed by atoms with Gasteiger partial charge < -0.3 is 20.1 Å². The predicted octanol–water partition coefficient (Wildman–Crippen LogP) is 1.88. The second kappa shape index (κ2) is 7.85. The predicted molar refractivity (Wildman–Crippen MR) is 121 cm³/mol. The summed E-state index contributed by atoms with van der Waals surface area (Å²) in [6, 6.07) is 3.92. The number of thiazole rings is 1. The standard InChI is InChI=1S/C22H21ClFN5O3S/c1-31-21(30)17-14(8-29-15-7-26-22(15)10-32-9-16(22)29)27-19(20-25-4-5-33-20)28-18(17)12-3-2-11(24)6-13(12)23/h2-6,15-16,18,26H,7-10H2,1H3,(H,27,28)/t15?,16?,18-,22?/m0/s1. The zero-order valence-electron chi connectivity index (χ0n) is 17.7. The molecule has 6 rings (SSSR count). The Labute approximate surface area is 198 Å². The Morgan fingerprint density at radius 3 is 3.03 bits per heavy atom. The fraction of sp³-hybridized carbons (Fsp3) is 0.409. The lowest BCUT2D eigenvalue weighted by Gasteiger charge is -2.67. The van der Waals surface area contributed by atoms with Crippen LogP contribution in [0.4, 0.5) is 4.39 Å². The molecule has 0 amide bonds. The lowest BCUT2D eigenvalue weighted by molar-refractivity contribution is -0.137. The maximum absolute atomic E-state index is 13.8. The molecule has 0 aliphatic carbocycles. The minimum Gasteiger partial charge on any atom is -0.466 e. The molecule has 3 fully saturated rings. The summed E-state index contributed by atoms with van der Waals surface area (Å²) in [5, 5.41) is 9.62. The van der Waals surface area contributed by atoms with E-state index in [0.717, 1.165) is 6.54 Å². The monoisotopic (exact) mass is 489 g/mol. The van der Waals surface area contributed by atoms with Gasteiger partial charge in [0.05, 0.1) is 37.5 Å². The fourth-order valence-electron chi connectivity index (χ4n) is 5.34. The van der Waals surface area contributed by atoms with E-state index in [1.165, 1.54) is 30.6 Å². The Kier molecular flexibility index (Phi) is 5.04. The number of nitrogens with zero attached hydrogens (tertiary/aromatic N) is 3. The number of aliphatic imine (C=N–C) groups is 1. The topological polar surface area (TPSA) is 88.1 Å². The molecule has 0 bridgehead atoms. The summed E-state index contributed by atoms with van der Waals surface area (Å²) in [7, 11) is 1.34. The first kappa shape index (κ1) is 21.2. The maximum Gasteiger partial charge on any atom is 0.338 e. The van der Waals surface area contributed by atoms with Crippen LogP contribution in [0.15, 0.2) is 46.0 Å². The molecule has 2 aromatic rings. The van der Waals surface area contributed by atoms with Gasteiger partial charge in [-0.15, -0.1) is 11.3 Å². The summed E-state index contributed by atoms with van der Waals surface area (Å²) in [6.45, 7) is 2.72. The average molecular weight is 490 g/mol. The lowest BCUT2D eigenvalue weighted by Crippen LogP contribution is -2.91. The molecular formula is C22H21ClFN5O3S. The molecule has 1 aromatic heterocycles. The summed E-state index contributed by atoms with van der Waals surface area (Å²) >= 11 is 7.85. The molecule has 172 valence electrons. The Balaban J connectivity index is 1.43. The smallest absolute Gasteiger partial charge is 0.338 e. The van der Waals surface area contributed by atoms with Crippen LogP contribution < -0.4 is 10.6 Å². The van der Waals surface area contributed by atoms with E-state index >= 15 is 0 Å². The first-order valence-corrected chi connectivity index (χ1v) is 11.9. The molecular weight excluding hydrogens is 469 g/mol. The van der Waals surface area contributed by atoms with Crippen LogP contribution >= 0.6 is 22.9 Å². The van der Waals surface area contributed by atoms with E-state index < -0.39 is 17.8 Å². The van der Waals surface area contributed by atoms with Crippen molar-refractivity contribution in [3.63, 3.8) is 0 Å². The third kappa shape index (κ3) is 3.16. The first-order valence-electron chi connectivity index (χ1n) is 10.6. The number of methoxy groups -OCH3 is 1.